The average Bonchev–Trinajstić information content (AvgIpc) is 2.20. The van der Waals surface area contributed by atoms with Crippen LogP contribution >= 0.6 is 0 Å². The maximum atomic E-state index is 12.0. The zero-order valence-electron chi connectivity index (χ0n) is 10.8. The fourth-order valence-corrected chi connectivity index (χ4v) is 2.53. The van der Waals surface area contributed by atoms with E-state index in [0.717, 1.165) is 13.0 Å². The SMILES string of the molecule is CC1CCCN(C(C)CNCC(F)(F)F)C1C. The van der Waals surface area contributed by atoms with Crippen LogP contribution in [0.3, 0.4) is 0 Å². The van der Waals surface area contributed by atoms with Crippen molar-refractivity contribution in [3.63, 3.8) is 0 Å². The van der Waals surface area contributed by atoms with Crippen molar-refractivity contribution in [3.8, 4) is 0 Å². The van der Waals surface area contributed by atoms with Crippen LogP contribution in [-0.4, -0.2) is 42.8 Å². The number of halogens is 3. The first kappa shape index (κ1) is 14.8. The summed E-state index contributed by atoms with van der Waals surface area (Å²) in [5.74, 6) is 0.633. The number of nitrogens with one attached hydrogen (secondary N) is 1. The number of piperidine rings is 1. The van der Waals surface area contributed by atoms with Crippen LogP contribution in [0.2, 0.25) is 0 Å². The Morgan fingerprint density at radius 3 is 2.59 bits per heavy atom. The Bertz CT molecular complexity index is 230. The molecule has 1 heterocycles. The zero-order valence-corrected chi connectivity index (χ0v) is 10.8. The lowest BCUT2D eigenvalue weighted by Gasteiger charge is -2.41. The summed E-state index contributed by atoms with van der Waals surface area (Å²) in [7, 11) is 0. The predicted molar refractivity (Wildman–Crippen MR) is 63.0 cm³/mol. The van der Waals surface area contributed by atoms with E-state index < -0.39 is 12.7 Å². The summed E-state index contributed by atoms with van der Waals surface area (Å²) in [6, 6.07) is 0.626. The molecule has 1 fully saturated rings. The lowest BCUT2D eigenvalue weighted by atomic mass is 9.91. The molecule has 2 nitrogen and oxygen atoms in total. The summed E-state index contributed by atoms with van der Waals surface area (Å²) in [6.45, 7) is 6.89. The number of nitrogens with zero attached hydrogens (tertiary/aromatic N) is 1. The van der Waals surface area contributed by atoms with Gasteiger partial charge in [-0.1, -0.05) is 6.92 Å². The third-order valence-corrected chi connectivity index (χ3v) is 3.75. The molecule has 0 bridgehead atoms. The maximum Gasteiger partial charge on any atom is 0.401 e. The second-order valence-electron chi connectivity index (χ2n) is 5.19. The molecule has 1 rings (SSSR count). The standard InChI is InChI=1S/C12H23F3N2/c1-9-5-4-6-17(11(9)3)10(2)7-16-8-12(13,14)15/h9-11,16H,4-8H2,1-3H3. The summed E-state index contributed by atoms with van der Waals surface area (Å²) < 4.78 is 36.0. The minimum Gasteiger partial charge on any atom is -0.307 e. The van der Waals surface area contributed by atoms with Crippen molar-refractivity contribution in [2.75, 3.05) is 19.6 Å². The van der Waals surface area contributed by atoms with Crippen LogP contribution in [0.15, 0.2) is 0 Å². The molecule has 0 amide bonds. The van der Waals surface area contributed by atoms with E-state index in [0.29, 0.717) is 18.5 Å². The van der Waals surface area contributed by atoms with Crippen LogP contribution < -0.4 is 5.32 Å². The largest absolute Gasteiger partial charge is 0.401 e. The molecule has 17 heavy (non-hydrogen) atoms. The zero-order chi connectivity index (χ0) is 13.1. The van der Waals surface area contributed by atoms with Gasteiger partial charge in [0.05, 0.1) is 6.54 Å². The van der Waals surface area contributed by atoms with E-state index in [2.05, 4.69) is 24.1 Å². The summed E-state index contributed by atoms with van der Waals surface area (Å²) in [5.41, 5.74) is 0. The Morgan fingerprint density at radius 2 is 2.00 bits per heavy atom. The van der Waals surface area contributed by atoms with Crippen LogP contribution in [0.25, 0.3) is 0 Å². The summed E-state index contributed by atoms with van der Waals surface area (Å²) in [4.78, 5) is 2.32. The van der Waals surface area contributed by atoms with Gasteiger partial charge in [-0.25, -0.2) is 0 Å². The van der Waals surface area contributed by atoms with Gasteiger partial charge in [-0.05, 0) is 39.2 Å². The first-order valence-electron chi connectivity index (χ1n) is 6.34. The third kappa shape index (κ3) is 4.84. The van der Waals surface area contributed by atoms with Gasteiger partial charge in [-0.15, -0.1) is 0 Å². The van der Waals surface area contributed by atoms with Gasteiger partial charge >= 0.3 is 6.18 Å². The molecule has 0 aliphatic carbocycles. The van der Waals surface area contributed by atoms with Crippen molar-refractivity contribution in [3.05, 3.63) is 0 Å². The Morgan fingerprint density at radius 1 is 1.35 bits per heavy atom. The van der Waals surface area contributed by atoms with E-state index in [1.807, 2.05) is 6.92 Å². The molecular formula is C12H23F3N2. The molecule has 1 aliphatic rings. The van der Waals surface area contributed by atoms with Gasteiger partial charge in [-0.2, -0.15) is 13.2 Å². The van der Waals surface area contributed by atoms with Gasteiger partial charge in [0.1, 0.15) is 0 Å². The number of hydrogen-bond acceptors (Lipinski definition) is 2. The monoisotopic (exact) mass is 252 g/mol. The number of alkyl halides is 3. The number of hydrogen-bond donors (Lipinski definition) is 1. The molecule has 3 atom stereocenters. The maximum absolute atomic E-state index is 12.0. The van der Waals surface area contributed by atoms with Crippen molar-refractivity contribution >= 4 is 0 Å². The van der Waals surface area contributed by atoms with Crippen molar-refractivity contribution < 1.29 is 13.2 Å². The molecule has 1 saturated heterocycles. The molecule has 0 aromatic heterocycles. The van der Waals surface area contributed by atoms with Gasteiger partial charge in [0.25, 0.3) is 0 Å². The number of rotatable bonds is 4. The van der Waals surface area contributed by atoms with Crippen LogP contribution in [0.5, 0.6) is 0 Å². The minimum atomic E-state index is -4.11. The van der Waals surface area contributed by atoms with E-state index in [4.69, 9.17) is 0 Å². The lowest BCUT2D eigenvalue weighted by Crippen LogP contribution is -2.51. The Labute approximate surface area is 102 Å². The topological polar surface area (TPSA) is 15.3 Å². The highest BCUT2D eigenvalue weighted by Crippen LogP contribution is 2.24. The van der Waals surface area contributed by atoms with E-state index in [-0.39, 0.29) is 6.04 Å². The number of likely N-dealkylation sites (tertiary alicyclic amines) is 1. The minimum absolute atomic E-state index is 0.162. The van der Waals surface area contributed by atoms with E-state index in [1.165, 1.54) is 6.42 Å². The van der Waals surface area contributed by atoms with E-state index in [1.54, 1.807) is 0 Å². The molecule has 5 heteroatoms. The highest BCUT2D eigenvalue weighted by atomic mass is 19.4. The highest BCUT2D eigenvalue weighted by molar-refractivity contribution is 4.83. The molecule has 0 saturated carbocycles. The molecule has 0 aromatic rings. The van der Waals surface area contributed by atoms with Gasteiger partial charge < -0.3 is 5.32 Å². The molecule has 0 radical (unpaired) electrons. The quantitative estimate of drug-likeness (QED) is 0.827. The van der Waals surface area contributed by atoms with E-state index >= 15 is 0 Å². The Balaban J connectivity index is 2.34. The Kier molecular flexibility index (Phi) is 5.25. The predicted octanol–water partition coefficient (Wildman–Crippen LogP) is 2.65. The molecule has 1 N–H and O–H groups in total. The third-order valence-electron chi connectivity index (χ3n) is 3.75. The summed E-state index contributed by atoms with van der Waals surface area (Å²) in [5, 5.41) is 2.49. The van der Waals surface area contributed by atoms with Crippen LogP contribution in [0, 0.1) is 5.92 Å². The van der Waals surface area contributed by atoms with Gasteiger partial charge in [0.2, 0.25) is 0 Å². The normalized spacial score (nSPS) is 29.3. The van der Waals surface area contributed by atoms with Crippen molar-refractivity contribution in [1.29, 1.82) is 0 Å². The molecule has 0 aromatic carbocycles. The van der Waals surface area contributed by atoms with Gasteiger partial charge in [-0.3, -0.25) is 4.90 Å². The first-order chi connectivity index (χ1) is 7.81. The lowest BCUT2D eigenvalue weighted by molar-refractivity contribution is -0.125. The summed E-state index contributed by atoms with van der Waals surface area (Å²) >= 11 is 0. The van der Waals surface area contributed by atoms with Crippen molar-refractivity contribution in [1.82, 2.24) is 10.2 Å². The molecule has 0 spiro atoms. The fourth-order valence-electron chi connectivity index (χ4n) is 2.53. The van der Waals surface area contributed by atoms with Crippen LogP contribution in [0.4, 0.5) is 13.2 Å². The van der Waals surface area contributed by atoms with Crippen LogP contribution in [0.1, 0.15) is 33.6 Å². The van der Waals surface area contributed by atoms with E-state index in [9.17, 15) is 13.2 Å². The highest BCUT2D eigenvalue weighted by Gasteiger charge is 2.30. The van der Waals surface area contributed by atoms with Gasteiger partial charge in [0, 0.05) is 18.6 Å². The molecule has 1 aliphatic heterocycles. The van der Waals surface area contributed by atoms with Gasteiger partial charge in [0.15, 0.2) is 0 Å². The average molecular weight is 252 g/mol. The first-order valence-corrected chi connectivity index (χ1v) is 6.34. The van der Waals surface area contributed by atoms with Crippen molar-refractivity contribution in [2.45, 2.75) is 51.9 Å². The second kappa shape index (κ2) is 6.05. The molecule has 3 unspecified atom stereocenters. The molecular weight excluding hydrogens is 229 g/mol. The fraction of sp³-hybridized carbons (Fsp3) is 1.00. The van der Waals surface area contributed by atoms with Crippen molar-refractivity contribution in [2.24, 2.45) is 5.92 Å². The smallest absolute Gasteiger partial charge is 0.307 e. The second-order valence-corrected chi connectivity index (χ2v) is 5.19. The summed E-state index contributed by atoms with van der Waals surface area (Å²) in [6.07, 6.45) is -1.74. The van der Waals surface area contributed by atoms with Crippen LogP contribution in [-0.2, 0) is 0 Å². The molecule has 102 valence electrons. The Hall–Kier alpha value is -0.290.